The van der Waals surface area contributed by atoms with E-state index < -0.39 is 5.91 Å². The number of rotatable bonds is 6. The van der Waals surface area contributed by atoms with Crippen LogP contribution in [0.25, 0.3) is 0 Å². The number of hydrogen-bond donors (Lipinski definition) is 2. The molecule has 0 radical (unpaired) electrons. The van der Waals surface area contributed by atoms with Crippen LogP contribution in [0.5, 0.6) is 11.5 Å². The third-order valence-corrected chi connectivity index (χ3v) is 3.78. The van der Waals surface area contributed by atoms with Gasteiger partial charge in [0.1, 0.15) is 11.5 Å². The monoisotopic (exact) mass is 436 g/mol. The fourth-order valence-corrected chi connectivity index (χ4v) is 2.47. The normalized spacial score (nSPS) is 9.58. The maximum atomic E-state index is 11.2. The Bertz CT molecular complexity index is 850. The highest BCUT2D eigenvalue weighted by Crippen LogP contribution is 2.21. The lowest BCUT2D eigenvalue weighted by molar-refractivity contribution is 0.0600. The molecule has 0 aliphatic rings. The number of ether oxygens (including phenoxy) is 3. The summed E-state index contributed by atoms with van der Waals surface area (Å²) in [7, 11) is 1.37. The zero-order valence-corrected chi connectivity index (χ0v) is 19.4. The van der Waals surface area contributed by atoms with Gasteiger partial charge in [0.05, 0.1) is 24.9 Å². The number of nitrogens with two attached hydrogens (primary N) is 1. The lowest BCUT2D eigenvalue weighted by Crippen LogP contribution is -2.12. The second-order valence-corrected chi connectivity index (χ2v) is 7.15. The van der Waals surface area contributed by atoms with Gasteiger partial charge in [-0.1, -0.05) is 0 Å². The van der Waals surface area contributed by atoms with E-state index in [9.17, 15) is 9.59 Å². The van der Waals surface area contributed by atoms with Gasteiger partial charge in [-0.25, -0.2) is 4.79 Å². The summed E-state index contributed by atoms with van der Waals surface area (Å²) in [6.45, 7) is 11.7. The van der Waals surface area contributed by atoms with E-state index in [1.807, 2.05) is 41.5 Å². The van der Waals surface area contributed by atoms with Crippen LogP contribution in [0.3, 0.4) is 0 Å². The van der Waals surface area contributed by atoms with E-state index in [0.29, 0.717) is 11.1 Å². The summed E-state index contributed by atoms with van der Waals surface area (Å²) in [6.07, 6.45) is 0.265. The third-order valence-electron chi connectivity index (χ3n) is 3.78. The standard InChI is InChI=1S/C12H16O3.C11H15NO2.H3N.H2O/c1-8(2)15-11-6-5-10(7-9(11)3)12(13)14-4;1-7(2)14-10-5-4-9(11(12)13)6-8(10)3;;/h5-8H,1-4H3;4-7H,1-3H3,(H2,12,13);1H3;1H2. The Morgan fingerprint density at radius 2 is 1.19 bits per heavy atom. The Balaban J connectivity index is 0. The van der Waals surface area contributed by atoms with Gasteiger partial charge in [0, 0.05) is 5.56 Å². The fraction of sp³-hybridized carbons (Fsp3) is 0.391. The zero-order valence-electron chi connectivity index (χ0n) is 19.4. The molecule has 174 valence electrons. The molecule has 8 nitrogen and oxygen atoms in total. The van der Waals surface area contributed by atoms with E-state index in [-0.39, 0.29) is 29.8 Å². The highest BCUT2D eigenvalue weighted by Gasteiger charge is 2.09. The molecule has 0 unspecified atom stereocenters. The first-order valence-corrected chi connectivity index (χ1v) is 9.47. The maximum absolute atomic E-state index is 11.2. The number of hydrogen-bond acceptors (Lipinski definition) is 6. The summed E-state index contributed by atoms with van der Waals surface area (Å²) in [4.78, 5) is 22.1. The molecule has 0 heterocycles. The molecule has 0 saturated carbocycles. The Labute approximate surface area is 184 Å². The number of carbonyl (C=O) groups excluding carboxylic acids is 2. The molecule has 0 aliphatic heterocycles. The molecule has 0 fully saturated rings. The molecule has 0 saturated heterocycles. The summed E-state index contributed by atoms with van der Waals surface area (Å²) in [5.74, 6) is 0.862. The average molecular weight is 437 g/mol. The second kappa shape index (κ2) is 14.0. The van der Waals surface area contributed by atoms with Crippen LogP contribution in [-0.4, -0.2) is 36.7 Å². The van der Waals surface area contributed by atoms with Crippen molar-refractivity contribution in [1.29, 1.82) is 0 Å². The Morgan fingerprint density at radius 3 is 1.52 bits per heavy atom. The van der Waals surface area contributed by atoms with E-state index in [4.69, 9.17) is 15.2 Å². The maximum Gasteiger partial charge on any atom is 0.337 e. The summed E-state index contributed by atoms with van der Waals surface area (Å²) < 4.78 is 15.7. The van der Waals surface area contributed by atoms with E-state index in [1.54, 1.807) is 36.4 Å². The second-order valence-electron chi connectivity index (χ2n) is 7.15. The van der Waals surface area contributed by atoms with Gasteiger partial charge in [0.15, 0.2) is 0 Å². The fourth-order valence-electron chi connectivity index (χ4n) is 2.47. The van der Waals surface area contributed by atoms with Crippen molar-refractivity contribution >= 4 is 11.9 Å². The molecule has 2 aromatic rings. The van der Waals surface area contributed by atoms with Crippen molar-refractivity contribution in [2.45, 2.75) is 53.8 Å². The molecule has 1 amide bonds. The smallest absolute Gasteiger partial charge is 0.337 e. The van der Waals surface area contributed by atoms with E-state index in [0.717, 1.165) is 22.6 Å². The van der Waals surface area contributed by atoms with Crippen molar-refractivity contribution in [3.05, 3.63) is 58.7 Å². The van der Waals surface area contributed by atoms with Crippen LogP contribution >= 0.6 is 0 Å². The van der Waals surface area contributed by atoms with Crippen LogP contribution in [0.4, 0.5) is 0 Å². The minimum absolute atomic E-state index is 0. The number of aryl methyl sites for hydroxylation is 2. The first-order chi connectivity index (χ1) is 13.5. The van der Waals surface area contributed by atoms with Gasteiger partial charge in [-0.15, -0.1) is 0 Å². The Hall–Kier alpha value is -3.10. The van der Waals surface area contributed by atoms with Crippen molar-refractivity contribution in [3.8, 4) is 11.5 Å². The molecular formula is C23H36N2O6. The number of amides is 1. The number of carbonyl (C=O) groups is 2. The zero-order chi connectivity index (χ0) is 22.1. The first kappa shape index (κ1) is 30.1. The average Bonchev–Trinajstić information content (AvgIpc) is 2.64. The molecule has 0 spiro atoms. The van der Waals surface area contributed by atoms with Gasteiger partial charge >= 0.3 is 5.97 Å². The number of primary amides is 1. The molecule has 31 heavy (non-hydrogen) atoms. The van der Waals surface area contributed by atoms with Gasteiger partial charge in [-0.05, 0) is 89.1 Å². The first-order valence-electron chi connectivity index (χ1n) is 9.47. The molecule has 2 rings (SSSR count). The molecule has 7 N–H and O–H groups in total. The minimum atomic E-state index is -0.413. The molecule has 0 aliphatic carbocycles. The number of benzene rings is 2. The highest BCUT2D eigenvalue weighted by molar-refractivity contribution is 5.93. The third kappa shape index (κ3) is 9.97. The molecule has 8 heteroatoms. The van der Waals surface area contributed by atoms with Gasteiger partial charge in [0.2, 0.25) is 5.91 Å². The van der Waals surface area contributed by atoms with Crippen LogP contribution in [-0.2, 0) is 4.74 Å². The van der Waals surface area contributed by atoms with Crippen molar-refractivity contribution in [3.63, 3.8) is 0 Å². The van der Waals surface area contributed by atoms with Gasteiger partial charge in [-0.3, -0.25) is 4.79 Å². The summed E-state index contributed by atoms with van der Waals surface area (Å²) in [6, 6.07) is 10.4. The number of esters is 1. The molecule has 2 aromatic carbocycles. The summed E-state index contributed by atoms with van der Waals surface area (Å²) in [5.41, 5.74) is 8.08. The molecule has 0 atom stereocenters. The summed E-state index contributed by atoms with van der Waals surface area (Å²) >= 11 is 0. The topological polar surface area (TPSA) is 154 Å². The number of methoxy groups -OCH3 is 1. The lowest BCUT2D eigenvalue weighted by atomic mass is 10.1. The van der Waals surface area contributed by atoms with Crippen LogP contribution in [0.15, 0.2) is 36.4 Å². The largest absolute Gasteiger partial charge is 0.491 e. The van der Waals surface area contributed by atoms with E-state index in [2.05, 4.69) is 4.74 Å². The predicted octanol–water partition coefficient (Wildman–Crippen LogP) is 3.79. The van der Waals surface area contributed by atoms with Crippen LogP contribution in [0.1, 0.15) is 59.5 Å². The van der Waals surface area contributed by atoms with Crippen molar-refractivity contribution in [2.75, 3.05) is 7.11 Å². The molecular weight excluding hydrogens is 400 g/mol. The van der Waals surface area contributed by atoms with Crippen LogP contribution < -0.4 is 21.4 Å². The Morgan fingerprint density at radius 1 is 0.806 bits per heavy atom. The molecule has 0 aromatic heterocycles. The highest BCUT2D eigenvalue weighted by atomic mass is 16.5. The van der Waals surface area contributed by atoms with Crippen LogP contribution in [0.2, 0.25) is 0 Å². The van der Waals surface area contributed by atoms with Gasteiger partial charge in [-0.2, -0.15) is 0 Å². The van der Waals surface area contributed by atoms with Crippen molar-refractivity contribution in [1.82, 2.24) is 6.15 Å². The SMILES string of the molecule is COC(=O)c1ccc(OC(C)C)c(C)c1.Cc1cc(C(N)=O)ccc1OC(C)C.N.O. The predicted molar refractivity (Wildman–Crippen MR) is 122 cm³/mol. The summed E-state index contributed by atoms with van der Waals surface area (Å²) in [5, 5.41) is 0. The van der Waals surface area contributed by atoms with E-state index in [1.165, 1.54) is 7.11 Å². The van der Waals surface area contributed by atoms with Crippen molar-refractivity contribution < 1.29 is 29.3 Å². The minimum Gasteiger partial charge on any atom is -0.491 e. The quantitative estimate of drug-likeness (QED) is 0.656. The van der Waals surface area contributed by atoms with E-state index >= 15 is 0 Å². The van der Waals surface area contributed by atoms with Gasteiger partial charge in [0.25, 0.3) is 0 Å². The molecule has 0 bridgehead atoms. The Kier molecular flexibility index (Phi) is 13.6. The van der Waals surface area contributed by atoms with Crippen LogP contribution in [0, 0.1) is 13.8 Å². The van der Waals surface area contributed by atoms with Crippen molar-refractivity contribution in [2.24, 2.45) is 5.73 Å². The van der Waals surface area contributed by atoms with Gasteiger partial charge < -0.3 is 31.6 Å². The lowest BCUT2D eigenvalue weighted by Gasteiger charge is -2.12.